The zero-order valence-corrected chi connectivity index (χ0v) is 13.2. The molecule has 2 aliphatic heterocycles. The van der Waals surface area contributed by atoms with E-state index in [0.29, 0.717) is 23.8 Å². The number of carbonyl (C=O) groups is 1. The average Bonchev–Trinajstić information content (AvgIpc) is 2.88. The van der Waals surface area contributed by atoms with Crippen molar-refractivity contribution in [3.05, 3.63) is 0 Å². The summed E-state index contributed by atoms with van der Waals surface area (Å²) in [7, 11) is 0. The summed E-state index contributed by atoms with van der Waals surface area (Å²) in [5.74, 6) is 1.41. The first kappa shape index (κ1) is 16.8. The number of piperidine rings is 1. The smallest absolute Gasteiger partial charge is 0.226 e. The van der Waals surface area contributed by atoms with E-state index in [9.17, 15) is 4.79 Å². The maximum absolute atomic E-state index is 12.6. The molecule has 2 saturated heterocycles. The molecule has 0 bridgehead atoms. The van der Waals surface area contributed by atoms with E-state index in [2.05, 4.69) is 24.1 Å². The van der Waals surface area contributed by atoms with Crippen molar-refractivity contribution in [2.24, 2.45) is 11.8 Å². The van der Waals surface area contributed by atoms with Gasteiger partial charge in [-0.25, -0.2) is 0 Å². The molecule has 2 fully saturated rings. The molecule has 2 unspecified atom stereocenters. The van der Waals surface area contributed by atoms with E-state index < -0.39 is 0 Å². The van der Waals surface area contributed by atoms with Gasteiger partial charge in [0.05, 0.1) is 0 Å². The van der Waals surface area contributed by atoms with Gasteiger partial charge in [-0.3, -0.25) is 4.79 Å². The van der Waals surface area contributed by atoms with Crippen molar-refractivity contribution in [2.45, 2.75) is 58.4 Å². The fraction of sp³-hybridized carbons (Fsp3) is 0.933. The number of amides is 1. The molecule has 2 atom stereocenters. The molecule has 0 spiro atoms. The number of rotatable bonds is 4. The summed E-state index contributed by atoms with van der Waals surface area (Å²) in [6, 6.07) is 0.521. The highest BCUT2D eigenvalue weighted by atomic mass is 35.5. The highest BCUT2D eigenvalue weighted by Crippen LogP contribution is 2.29. The SMILES string of the molecule is CCCC(C)C1CCCN1C(=O)C1CCNCC1.Cl. The zero-order valence-electron chi connectivity index (χ0n) is 12.4. The van der Waals surface area contributed by atoms with E-state index in [4.69, 9.17) is 0 Å². The summed E-state index contributed by atoms with van der Waals surface area (Å²) in [6.07, 6.45) is 6.97. The highest BCUT2D eigenvalue weighted by Gasteiger charge is 2.35. The van der Waals surface area contributed by atoms with Gasteiger partial charge in [0.1, 0.15) is 0 Å². The molecule has 1 amide bonds. The van der Waals surface area contributed by atoms with Gasteiger partial charge in [0, 0.05) is 18.5 Å². The number of carbonyl (C=O) groups excluding carboxylic acids is 1. The second kappa shape index (κ2) is 8.11. The molecule has 0 aromatic carbocycles. The van der Waals surface area contributed by atoms with Gasteiger partial charge in [0.2, 0.25) is 5.91 Å². The molecule has 2 aliphatic rings. The van der Waals surface area contributed by atoms with Gasteiger partial charge in [-0.1, -0.05) is 20.3 Å². The Hall–Kier alpha value is -0.280. The molecule has 3 nitrogen and oxygen atoms in total. The summed E-state index contributed by atoms with van der Waals surface area (Å²) >= 11 is 0. The van der Waals surface area contributed by atoms with Gasteiger partial charge in [0.15, 0.2) is 0 Å². The Bertz CT molecular complexity index is 279. The van der Waals surface area contributed by atoms with E-state index in [1.54, 1.807) is 0 Å². The highest BCUT2D eigenvalue weighted by molar-refractivity contribution is 5.85. The Labute approximate surface area is 123 Å². The first-order valence-corrected chi connectivity index (χ1v) is 7.75. The van der Waals surface area contributed by atoms with Gasteiger partial charge < -0.3 is 10.2 Å². The molecular weight excluding hydrogens is 260 g/mol. The molecule has 112 valence electrons. The Morgan fingerprint density at radius 1 is 1.32 bits per heavy atom. The number of halogens is 1. The maximum Gasteiger partial charge on any atom is 0.226 e. The van der Waals surface area contributed by atoms with Crippen LogP contribution >= 0.6 is 12.4 Å². The minimum absolute atomic E-state index is 0. The van der Waals surface area contributed by atoms with E-state index in [0.717, 1.165) is 32.5 Å². The van der Waals surface area contributed by atoms with E-state index in [1.165, 1.54) is 25.7 Å². The summed E-state index contributed by atoms with van der Waals surface area (Å²) < 4.78 is 0. The molecule has 0 aromatic heterocycles. The van der Waals surface area contributed by atoms with Crippen LogP contribution in [0.2, 0.25) is 0 Å². The molecule has 4 heteroatoms. The lowest BCUT2D eigenvalue weighted by Gasteiger charge is -2.33. The van der Waals surface area contributed by atoms with Gasteiger partial charge in [-0.2, -0.15) is 0 Å². The Morgan fingerprint density at radius 3 is 2.63 bits per heavy atom. The van der Waals surface area contributed by atoms with Crippen LogP contribution in [0.3, 0.4) is 0 Å². The summed E-state index contributed by atoms with van der Waals surface area (Å²) in [4.78, 5) is 14.8. The predicted molar refractivity (Wildman–Crippen MR) is 81.6 cm³/mol. The van der Waals surface area contributed by atoms with Crippen molar-refractivity contribution < 1.29 is 4.79 Å². The fourth-order valence-corrected chi connectivity index (χ4v) is 3.61. The third-order valence-corrected chi connectivity index (χ3v) is 4.67. The molecule has 0 radical (unpaired) electrons. The molecule has 2 rings (SSSR count). The molecule has 0 saturated carbocycles. The molecule has 19 heavy (non-hydrogen) atoms. The topological polar surface area (TPSA) is 32.3 Å². The van der Waals surface area contributed by atoms with E-state index >= 15 is 0 Å². The van der Waals surface area contributed by atoms with Gasteiger partial charge in [0.25, 0.3) is 0 Å². The van der Waals surface area contributed by atoms with Crippen molar-refractivity contribution in [1.82, 2.24) is 10.2 Å². The van der Waals surface area contributed by atoms with Crippen LogP contribution in [0.4, 0.5) is 0 Å². The second-order valence-corrected chi connectivity index (χ2v) is 6.03. The quantitative estimate of drug-likeness (QED) is 0.863. The molecule has 1 N–H and O–H groups in total. The van der Waals surface area contributed by atoms with Crippen molar-refractivity contribution in [2.75, 3.05) is 19.6 Å². The van der Waals surface area contributed by atoms with Gasteiger partial charge in [-0.15, -0.1) is 12.4 Å². The molecule has 0 aromatic rings. The van der Waals surface area contributed by atoms with Crippen molar-refractivity contribution >= 4 is 18.3 Å². The first-order chi connectivity index (χ1) is 8.74. The van der Waals surface area contributed by atoms with Crippen LogP contribution in [0.5, 0.6) is 0 Å². The predicted octanol–water partition coefficient (Wildman–Crippen LogP) is 2.84. The summed E-state index contributed by atoms with van der Waals surface area (Å²) in [5.41, 5.74) is 0. The van der Waals surface area contributed by atoms with Crippen LogP contribution in [0.25, 0.3) is 0 Å². The lowest BCUT2D eigenvalue weighted by atomic mass is 9.92. The summed E-state index contributed by atoms with van der Waals surface area (Å²) in [5, 5.41) is 3.34. The molecular formula is C15H29ClN2O. The van der Waals surface area contributed by atoms with Crippen LogP contribution in [0, 0.1) is 11.8 Å². The van der Waals surface area contributed by atoms with E-state index in [-0.39, 0.29) is 12.4 Å². The molecule has 0 aliphatic carbocycles. The van der Waals surface area contributed by atoms with Gasteiger partial charge >= 0.3 is 0 Å². The van der Waals surface area contributed by atoms with Crippen LogP contribution < -0.4 is 5.32 Å². The second-order valence-electron chi connectivity index (χ2n) is 6.03. The Morgan fingerprint density at radius 2 is 2.00 bits per heavy atom. The maximum atomic E-state index is 12.6. The molecule has 2 heterocycles. The largest absolute Gasteiger partial charge is 0.339 e. The van der Waals surface area contributed by atoms with Crippen LogP contribution in [0.15, 0.2) is 0 Å². The van der Waals surface area contributed by atoms with Crippen molar-refractivity contribution in [3.8, 4) is 0 Å². The first-order valence-electron chi connectivity index (χ1n) is 7.75. The third kappa shape index (κ3) is 4.09. The number of nitrogens with zero attached hydrogens (tertiary/aromatic N) is 1. The van der Waals surface area contributed by atoms with Crippen LogP contribution in [-0.4, -0.2) is 36.5 Å². The minimum Gasteiger partial charge on any atom is -0.339 e. The number of nitrogens with one attached hydrogen (secondary N) is 1. The monoisotopic (exact) mass is 288 g/mol. The zero-order chi connectivity index (χ0) is 13.0. The summed E-state index contributed by atoms with van der Waals surface area (Å²) in [6.45, 7) is 7.59. The minimum atomic E-state index is 0. The Balaban J connectivity index is 0.00000180. The number of likely N-dealkylation sites (tertiary alicyclic amines) is 1. The average molecular weight is 289 g/mol. The lowest BCUT2D eigenvalue weighted by molar-refractivity contribution is -0.138. The van der Waals surface area contributed by atoms with Crippen molar-refractivity contribution in [1.29, 1.82) is 0 Å². The van der Waals surface area contributed by atoms with E-state index in [1.807, 2.05) is 0 Å². The number of hydrogen-bond donors (Lipinski definition) is 1. The van der Waals surface area contributed by atoms with Gasteiger partial charge in [-0.05, 0) is 51.1 Å². The normalized spacial score (nSPS) is 26.0. The lowest BCUT2D eigenvalue weighted by Crippen LogP contribution is -2.45. The Kier molecular flexibility index (Phi) is 7.16. The third-order valence-electron chi connectivity index (χ3n) is 4.67. The van der Waals surface area contributed by atoms with Crippen LogP contribution in [-0.2, 0) is 4.79 Å². The fourth-order valence-electron chi connectivity index (χ4n) is 3.61. The van der Waals surface area contributed by atoms with Crippen molar-refractivity contribution in [3.63, 3.8) is 0 Å². The number of hydrogen-bond acceptors (Lipinski definition) is 2. The van der Waals surface area contributed by atoms with Crippen LogP contribution in [0.1, 0.15) is 52.4 Å². The standard InChI is InChI=1S/C15H28N2O.ClH/c1-3-5-12(2)14-6-4-11-17(14)15(18)13-7-9-16-10-8-13;/h12-14,16H,3-11H2,1-2H3;1H.